The van der Waals surface area contributed by atoms with Crippen molar-refractivity contribution in [3.63, 3.8) is 0 Å². The number of benzene rings is 1. The SMILES string of the molecule is CCCOc1cccc(CNC(C)C(=O)NCC(C)C)c1. The Morgan fingerprint density at radius 2 is 2.05 bits per heavy atom. The molecule has 0 saturated carbocycles. The zero-order valence-corrected chi connectivity index (χ0v) is 13.6. The molecule has 1 rings (SSSR count). The van der Waals surface area contributed by atoms with Crippen molar-refractivity contribution in [1.29, 1.82) is 0 Å². The van der Waals surface area contributed by atoms with Crippen LogP contribution in [-0.2, 0) is 11.3 Å². The Morgan fingerprint density at radius 1 is 1.29 bits per heavy atom. The lowest BCUT2D eigenvalue weighted by Crippen LogP contribution is -2.42. The average Bonchev–Trinajstić information content (AvgIpc) is 2.48. The minimum atomic E-state index is -0.205. The van der Waals surface area contributed by atoms with Crippen LogP contribution in [0.15, 0.2) is 24.3 Å². The largest absolute Gasteiger partial charge is 0.494 e. The third-order valence-corrected chi connectivity index (χ3v) is 3.06. The first-order chi connectivity index (χ1) is 10.0. The Bertz CT molecular complexity index is 433. The van der Waals surface area contributed by atoms with E-state index in [2.05, 4.69) is 31.4 Å². The van der Waals surface area contributed by atoms with Gasteiger partial charge in [0.25, 0.3) is 0 Å². The van der Waals surface area contributed by atoms with Gasteiger partial charge in [-0.25, -0.2) is 0 Å². The highest BCUT2D eigenvalue weighted by molar-refractivity contribution is 5.81. The van der Waals surface area contributed by atoms with E-state index in [-0.39, 0.29) is 11.9 Å². The second-order valence-electron chi connectivity index (χ2n) is 5.74. The van der Waals surface area contributed by atoms with Gasteiger partial charge in [-0.05, 0) is 37.0 Å². The van der Waals surface area contributed by atoms with E-state index >= 15 is 0 Å². The summed E-state index contributed by atoms with van der Waals surface area (Å²) >= 11 is 0. The normalized spacial score (nSPS) is 12.2. The van der Waals surface area contributed by atoms with Gasteiger partial charge in [0.1, 0.15) is 5.75 Å². The average molecular weight is 292 g/mol. The third-order valence-electron chi connectivity index (χ3n) is 3.06. The molecule has 0 aliphatic heterocycles. The summed E-state index contributed by atoms with van der Waals surface area (Å²) in [5, 5.41) is 6.17. The van der Waals surface area contributed by atoms with E-state index in [1.54, 1.807) is 0 Å². The topological polar surface area (TPSA) is 50.4 Å². The summed E-state index contributed by atoms with van der Waals surface area (Å²) in [5.41, 5.74) is 1.12. The Balaban J connectivity index is 2.41. The molecule has 1 aromatic rings. The van der Waals surface area contributed by atoms with E-state index in [4.69, 9.17) is 4.74 Å². The highest BCUT2D eigenvalue weighted by atomic mass is 16.5. The van der Waals surface area contributed by atoms with Gasteiger partial charge in [0.15, 0.2) is 0 Å². The van der Waals surface area contributed by atoms with Gasteiger partial charge in [-0.2, -0.15) is 0 Å². The third kappa shape index (κ3) is 7.14. The van der Waals surface area contributed by atoms with Crippen LogP contribution in [0, 0.1) is 5.92 Å². The van der Waals surface area contributed by atoms with Crippen molar-refractivity contribution < 1.29 is 9.53 Å². The molecule has 0 heterocycles. The van der Waals surface area contributed by atoms with Crippen LogP contribution in [0.25, 0.3) is 0 Å². The summed E-state index contributed by atoms with van der Waals surface area (Å²) < 4.78 is 5.61. The maximum atomic E-state index is 11.9. The second-order valence-corrected chi connectivity index (χ2v) is 5.74. The predicted molar refractivity (Wildman–Crippen MR) is 86.4 cm³/mol. The fourth-order valence-corrected chi connectivity index (χ4v) is 1.79. The number of amides is 1. The molecule has 21 heavy (non-hydrogen) atoms. The molecule has 0 aliphatic carbocycles. The van der Waals surface area contributed by atoms with E-state index in [0.29, 0.717) is 19.0 Å². The predicted octanol–water partition coefficient (Wildman–Crippen LogP) is 2.73. The molecule has 1 unspecified atom stereocenters. The molecule has 4 heteroatoms. The molecular formula is C17H28N2O2. The molecule has 118 valence electrons. The molecule has 1 amide bonds. The summed E-state index contributed by atoms with van der Waals surface area (Å²) in [4.78, 5) is 11.9. The Morgan fingerprint density at radius 3 is 2.71 bits per heavy atom. The number of ether oxygens (including phenoxy) is 1. The number of nitrogens with one attached hydrogen (secondary N) is 2. The molecule has 1 atom stereocenters. The van der Waals surface area contributed by atoms with Crippen LogP contribution < -0.4 is 15.4 Å². The van der Waals surface area contributed by atoms with Crippen molar-refractivity contribution >= 4 is 5.91 Å². The summed E-state index contributed by atoms with van der Waals surface area (Å²) in [6, 6.07) is 7.78. The summed E-state index contributed by atoms with van der Waals surface area (Å²) in [6.07, 6.45) is 0.996. The molecule has 0 aliphatic rings. The zero-order valence-electron chi connectivity index (χ0n) is 13.6. The Labute approximate surface area is 128 Å². The van der Waals surface area contributed by atoms with Crippen LogP contribution in [0.5, 0.6) is 5.75 Å². The highest BCUT2D eigenvalue weighted by Gasteiger charge is 2.12. The first-order valence-corrected chi connectivity index (χ1v) is 7.75. The van der Waals surface area contributed by atoms with E-state index in [0.717, 1.165) is 24.3 Å². The lowest BCUT2D eigenvalue weighted by Gasteiger charge is -2.15. The Hall–Kier alpha value is -1.55. The number of hydrogen-bond acceptors (Lipinski definition) is 3. The lowest BCUT2D eigenvalue weighted by atomic mass is 10.2. The van der Waals surface area contributed by atoms with Crippen LogP contribution >= 0.6 is 0 Å². The summed E-state index contributed by atoms with van der Waals surface area (Å²) in [6.45, 7) is 10.2. The van der Waals surface area contributed by atoms with E-state index in [9.17, 15) is 4.79 Å². The molecule has 0 bridgehead atoms. The van der Waals surface area contributed by atoms with Crippen molar-refractivity contribution in [1.82, 2.24) is 10.6 Å². The molecular weight excluding hydrogens is 264 g/mol. The first-order valence-electron chi connectivity index (χ1n) is 7.75. The van der Waals surface area contributed by atoms with Gasteiger partial charge >= 0.3 is 0 Å². The number of rotatable bonds is 9. The molecule has 4 nitrogen and oxygen atoms in total. The van der Waals surface area contributed by atoms with Crippen molar-refractivity contribution in [2.45, 2.75) is 46.7 Å². The molecule has 0 spiro atoms. The second kappa shape index (κ2) is 9.40. The first kappa shape index (κ1) is 17.5. The van der Waals surface area contributed by atoms with Crippen molar-refractivity contribution in [3.05, 3.63) is 29.8 Å². The van der Waals surface area contributed by atoms with E-state index < -0.39 is 0 Å². The highest BCUT2D eigenvalue weighted by Crippen LogP contribution is 2.13. The number of hydrogen-bond donors (Lipinski definition) is 2. The fourth-order valence-electron chi connectivity index (χ4n) is 1.79. The molecule has 0 saturated heterocycles. The van der Waals surface area contributed by atoms with Crippen molar-refractivity contribution in [2.75, 3.05) is 13.2 Å². The van der Waals surface area contributed by atoms with Gasteiger partial charge in [-0.15, -0.1) is 0 Å². The van der Waals surface area contributed by atoms with Gasteiger partial charge in [0.05, 0.1) is 12.6 Å². The van der Waals surface area contributed by atoms with Gasteiger partial charge in [-0.1, -0.05) is 32.9 Å². The standard InChI is InChI=1S/C17H28N2O2/c1-5-9-21-16-8-6-7-15(10-16)12-18-14(4)17(20)19-11-13(2)3/h6-8,10,13-14,18H,5,9,11-12H2,1-4H3,(H,19,20). The van der Waals surface area contributed by atoms with Crippen molar-refractivity contribution in [3.8, 4) is 5.75 Å². The molecule has 2 N–H and O–H groups in total. The molecule has 1 aromatic carbocycles. The maximum Gasteiger partial charge on any atom is 0.236 e. The van der Waals surface area contributed by atoms with E-state index in [1.165, 1.54) is 0 Å². The zero-order chi connectivity index (χ0) is 15.7. The van der Waals surface area contributed by atoms with Crippen LogP contribution in [0.1, 0.15) is 39.7 Å². The summed E-state index contributed by atoms with van der Waals surface area (Å²) in [5.74, 6) is 1.39. The lowest BCUT2D eigenvalue weighted by molar-refractivity contribution is -0.122. The van der Waals surface area contributed by atoms with Crippen molar-refractivity contribution in [2.24, 2.45) is 5.92 Å². The molecule has 0 fully saturated rings. The minimum absolute atomic E-state index is 0.0436. The van der Waals surface area contributed by atoms with Crippen LogP contribution in [0.3, 0.4) is 0 Å². The minimum Gasteiger partial charge on any atom is -0.494 e. The Kier molecular flexibility index (Phi) is 7.83. The van der Waals surface area contributed by atoms with Gasteiger partial charge in [-0.3, -0.25) is 4.79 Å². The number of carbonyl (C=O) groups excluding carboxylic acids is 1. The quantitative estimate of drug-likeness (QED) is 0.736. The van der Waals surface area contributed by atoms with Gasteiger partial charge in [0, 0.05) is 13.1 Å². The van der Waals surface area contributed by atoms with Gasteiger partial charge in [0.2, 0.25) is 5.91 Å². The monoisotopic (exact) mass is 292 g/mol. The summed E-state index contributed by atoms with van der Waals surface area (Å²) in [7, 11) is 0. The number of carbonyl (C=O) groups is 1. The smallest absolute Gasteiger partial charge is 0.236 e. The van der Waals surface area contributed by atoms with Crippen LogP contribution in [-0.4, -0.2) is 25.1 Å². The van der Waals surface area contributed by atoms with Crippen LogP contribution in [0.2, 0.25) is 0 Å². The van der Waals surface area contributed by atoms with Crippen LogP contribution in [0.4, 0.5) is 0 Å². The fraction of sp³-hybridized carbons (Fsp3) is 0.588. The maximum absolute atomic E-state index is 11.9. The van der Waals surface area contributed by atoms with E-state index in [1.807, 2.05) is 31.2 Å². The van der Waals surface area contributed by atoms with Gasteiger partial charge < -0.3 is 15.4 Å². The molecule has 0 radical (unpaired) electrons. The molecule has 0 aromatic heterocycles.